The molecule has 2 aliphatic heterocycles. The van der Waals surface area contributed by atoms with E-state index in [1.165, 1.54) is 11.3 Å². The van der Waals surface area contributed by atoms with E-state index in [2.05, 4.69) is 24.1 Å². The Morgan fingerprint density at radius 2 is 1.83 bits per heavy atom. The topological polar surface area (TPSA) is 65.5 Å². The van der Waals surface area contributed by atoms with Gasteiger partial charge in [-0.2, -0.15) is 0 Å². The molecule has 6 nitrogen and oxygen atoms in total. The number of nitrogens with zero attached hydrogens (tertiary/aromatic N) is 3. The predicted octanol–water partition coefficient (Wildman–Crippen LogP) is 2.15. The van der Waals surface area contributed by atoms with Gasteiger partial charge in [-0.3, -0.25) is 4.79 Å². The number of carbonyl (C=O) groups excluding carboxylic acids is 2. The highest BCUT2D eigenvalue weighted by Gasteiger charge is 2.26. The number of likely N-dealkylation sites (tertiary alicyclic amines) is 1. The fraction of sp³-hybridized carbons (Fsp3) is 0.706. The van der Waals surface area contributed by atoms with Crippen LogP contribution in [0.15, 0.2) is 0 Å². The zero-order valence-corrected chi connectivity index (χ0v) is 15.3. The van der Waals surface area contributed by atoms with Crippen LogP contribution in [0.5, 0.6) is 0 Å². The monoisotopic (exact) mass is 350 g/mol. The van der Waals surface area contributed by atoms with E-state index in [1.807, 2.05) is 9.80 Å². The minimum atomic E-state index is 0.00668. The first kappa shape index (κ1) is 17.2. The maximum Gasteiger partial charge on any atom is 0.317 e. The van der Waals surface area contributed by atoms with E-state index in [1.54, 1.807) is 0 Å². The number of nitrogens with one attached hydrogen (secondary N) is 1. The number of fused-ring (bicyclic) bond motifs is 1. The van der Waals surface area contributed by atoms with Gasteiger partial charge in [0, 0.05) is 50.4 Å². The highest BCUT2D eigenvalue weighted by atomic mass is 32.1. The van der Waals surface area contributed by atoms with Gasteiger partial charge in [0.15, 0.2) is 5.01 Å². The molecule has 1 saturated heterocycles. The number of carbonyl (C=O) groups is 2. The van der Waals surface area contributed by atoms with Crippen LogP contribution in [0.3, 0.4) is 0 Å². The largest absolute Gasteiger partial charge is 0.338 e. The summed E-state index contributed by atoms with van der Waals surface area (Å²) in [6.45, 7) is 7.93. The van der Waals surface area contributed by atoms with Gasteiger partial charge in [-0.25, -0.2) is 9.78 Å². The highest BCUT2D eigenvalue weighted by molar-refractivity contribution is 7.13. The summed E-state index contributed by atoms with van der Waals surface area (Å²) in [6.07, 6.45) is 3.71. The molecule has 0 saturated carbocycles. The molecule has 3 heterocycles. The second-order valence-corrected chi connectivity index (χ2v) is 8.04. The number of urea groups is 1. The molecule has 0 radical (unpaired) electrons. The van der Waals surface area contributed by atoms with Crippen LogP contribution in [0.2, 0.25) is 0 Å². The van der Waals surface area contributed by atoms with Crippen LogP contribution in [0.25, 0.3) is 0 Å². The summed E-state index contributed by atoms with van der Waals surface area (Å²) in [5.74, 6) is 0.528. The lowest BCUT2D eigenvalue weighted by Crippen LogP contribution is -2.42. The van der Waals surface area contributed by atoms with Gasteiger partial charge in [0.25, 0.3) is 5.91 Å². The van der Waals surface area contributed by atoms with Gasteiger partial charge >= 0.3 is 6.03 Å². The van der Waals surface area contributed by atoms with Crippen molar-refractivity contribution < 1.29 is 9.59 Å². The van der Waals surface area contributed by atoms with Crippen molar-refractivity contribution in [2.24, 2.45) is 5.92 Å². The first-order valence-electron chi connectivity index (χ1n) is 8.85. The summed E-state index contributed by atoms with van der Waals surface area (Å²) in [4.78, 5) is 34.2. The molecule has 2 aliphatic rings. The van der Waals surface area contributed by atoms with E-state index in [0.29, 0.717) is 30.6 Å². The smallest absolute Gasteiger partial charge is 0.317 e. The fourth-order valence-corrected chi connectivity index (χ4v) is 4.18. The molecule has 3 amide bonds. The number of hydrogen-bond donors (Lipinski definition) is 1. The molecule has 1 N–H and O–H groups in total. The van der Waals surface area contributed by atoms with Crippen LogP contribution in [0.4, 0.5) is 4.79 Å². The van der Waals surface area contributed by atoms with E-state index in [4.69, 9.17) is 0 Å². The third kappa shape index (κ3) is 3.88. The average molecular weight is 350 g/mol. The molecule has 1 aromatic rings. The molecule has 0 aromatic carbocycles. The van der Waals surface area contributed by atoms with Crippen LogP contribution in [-0.2, 0) is 12.8 Å². The van der Waals surface area contributed by atoms with Gasteiger partial charge in [-0.05, 0) is 18.8 Å². The van der Waals surface area contributed by atoms with Crippen molar-refractivity contribution in [3.8, 4) is 0 Å². The van der Waals surface area contributed by atoms with Crippen LogP contribution >= 0.6 is 11.3 Å². The maximum absolute atomic E-state index is 12.5. The van der Waals surface area contributed by atoms with Gasteiger partial charge in [0.2, 0.25) is 0 Å². The fourth-order valence-electron chi connectivity index (χ4n) is 3.12. The molecule has 3 rings (SSSR count). The maximum atomic E-state index is 12.5. The number of rotatable bonds is 3. The Labute approximate surface area is 147 Å². The third-order valence-electron chi connectivity index (χ3n) is 4.53. The Balaban J connectivity index is 1.60. The van der Waals surface area contributed by atoms with Crippen molar-refractivity contribution in [3.05, 3.63) is 15.6 Å². The molecular weight excluding hydrogens is 324 g/mol. The number of aromatic nitrogens is 1. The molecule has 0 unspecified atom stereocenters. The van der Waals surface area contributed by atoms with Gasteiger partial charge in [-0.1, -0.05) is 13.8 Å². The van der Waals surface area contributed by atoms with E-state index in [-0.39, 0.29) is 11.9 Å². The summed E-state index contributed by atoms with van der Waals surface area (Å²) in [5, 5.41) is 3.60. The average Bonchev–Trinajstić information content (AvgIpc) is 3.19. The predicted molar refractivity (Wildman–Crippen MR) is 94.5 cm³/mol. The quantitative estimate of drug-likeness (QED) is 0.908. The number of hydrogen-bond acceptors (Lipinski definition) is 4. The summed E-state index contributed by atoms with van der Waals surface area (Å²) < 4.78 is 0. The van der Waals surface area contributed by atoms with Crippen LogP contribution < -0.4 is 5.32 Å². The van der Waals surface area contributed by atoms with E-state index >= 15 is 0 Å². The van der Waals surface area contributed by atoms with Gasteiger partial charge < -0.3 is 15.1 Å². The molecule has 7 heteroatoms. The Morgan fingerprint density at radius 1 is 1.12 bits per heavy atom. The Hall–Kier alpha value is -1.63. The van der Waals surface area contributed by atoms with Crippen molar-refractivity contribution in [1.82, 2.24) is 20.1 Å². The van der Waals surface area contributed by atoms with Crippen molar-refractivity contribution in [1.29, 1.82) is 0 Å². The van der Waals surface area contributed by atoms with Crippen molar-refractivity contribution in [2.45, 2.75) is 39.5 Å². The summed E-state index contributed by atoms with van der Waals surface area (Å²) in [7, 11) is 0. The minimum absolute atomic E-state index is 0.00668. The number of thiazole rings is 1. The SMILES string of the molecule is CC(C)CNC(=O)N1CCc2nc(C(=O)N3CCCC3)sc2CC1. The van der Waals surface area contributed by atoms with Crippen LogP contribution in [0, 0.1) is 5.92 Å². The summed E-state index contributed by atoms with van der Waals surface area (Å²) >= 11 is 1.51. The van der Waals surface area contributed by atoms with Crippen molar-refractivity contribution >= 4 is 23.3 Å². The Kier molecular flexibility index (Phi) is 5.38. The molecule has 132 valence electrons. The first-order valence-corrected chi connectivity index (χ1v) is 9.67. The molecule has 0 bridgehead atoms. The molecule has 1 fully saturated rings. The van der Waals surface area contributed by atoms with E-state index < -0.39 is 0 Å². The molecule has 0 spiro atoms. The second kappa shape index (κ2) is 7.51. The molecule has 0 atom stereocenters. The van der Waals surface area contributed by atoms with Crippen molar-refractivity contribution in [2.75, 3.05) is 32.7 Å². The third-order valence-corrected chi connectivity index (χ3v) is 5.68. The van der Waals surface area contributed by atoms with Crippen LogP contribution in [0.1, 0.15) is 47.1 Å². The zero-order valence-electron chi connectivity index (χ0n) is 14.5. The second-order valence-electron chi connectivity index (χ2n) is 6.96. The van der Waals surface area contributed by atoms with Gasteiger partial charge in [-0.15, -0.1) is 11.3 Å². The lowest BCUT2D eigenvalue weighted by molar-refractivity contribution is 0.0792. The van der Waals surface area contributed by atoms with Gasteiger partial charge in [0.1, 0.15) is 0 Å². The highest BCUT2D eigenvalue weighted by Crippen LogP contribution is 2.25. The Morgan fingerprint density at radius 3 is 2.54 bits per heavy atom. The lowest BCUT2D eigenvalue weighted by atomic mass is 10.2. The lowest BCUT2D eigenvalue weighted by Gasteiger charge is -2.21. The molecule has 1 aromatic heterocycles. The van der Waals surface area contributed by atoms with E-state index in [9.17, 15) is 9.59 Å². The molecule has 0 aliphatic carbocycles. The summed E-state index contributed by atoms with van der Waals surface area (Å²) in [6, 6.07) is 0.00668. The number of amides is 3. The first-order chi connectivity index (χ1) is 11.5. The van der Waals surface area contributed by atoms with Gasteiger partial charge in [0.05, 0.1) is 5.69 Å². The normalized spacial score (nSPS) is 17.8. The van der Waals surface area contributed by atoms with E-state index in [0.717, 1.165) is 49.3 Å². The standard InChI is InChI=1S/C17H26N4O2S/c1-12(2)11-18-17(23)21-9-5-13-14(6-10-21)24-15(19-13)16(22)20-7-3-4-8-20/h12H,3-11H2,1-2H3,(H,18,23). The zero-order chi connectivity index (χ0) is 17.1. The minimum Gasteiger partial charge on any atom is -0.338 e. The molecule has 24 heavy (non-hydrogen) atoms. The van der Waals surface area contributed by atoms with Crippen LogP contribution in [-0.4, -0.2) is 59.4 Å². The molecular formula is C17H26N4O2S. The summed E-state index contributed by atoms with van der Waals surface area (Å²) in [5.41, 5.74) is 1.00. The van der Waals surface area contributed by atoms with Crippen molar-refractivity contribution in [3.63, 3.8) is 0 Å². The Bertz CT molecular complexity index is 582.